The van der Waals surface area contributed by atoms with Gasteiger partial charge in [0.15, 0.2) is 17.4 Å². The van der Waals surface area contributed by atoms with Gasteiger partial charge in [0.25, 0.3) is 0 Å². The number of β-amino-alcohol motifs (C(OH)–C–C–N with tert-alkyl or cyclic N) is 1. The van der Waals surface area contributed by atoms with Crippen molar-refractivity contribution in [3.8, 4) is 5.75 Å². The Morgan fingerprint density at radius 2 is 2.09 bits per heavy atom. The predicted molar refractivity (Wildman–Crippen MR) is 79.6 cm³/mol. The van der Waals surface area contributed by atoms with Crippen LogP contribution < -0.4 is 15.4 Å². The van der Waals surface area contributed by atoms with Crippen molar-refractivity contribution < 1.29 is 18.6 Å². The fraction of sp³-hybridized carbons (Fsp3) is 0.333. The Bertz CT molecular complexity index is 669. The summed E-state index contributed by atoms with van der Waals surface area (Å²) >= 11 is 0. The first-order chi connectivity index (χ1) is 11.1. The van der Waals surface area contributed by atoms with E-state index in [0.717, 1.165) is 12.4 Å². The van der Waals surface area contributed by atoms with Crippen LogP contribution in [0.3, 0.4) is 0 Å². The molecule has 1 aliphatic rings. The normalized spacial score (nSPS) is 20.5. The van der Waals surface area contributed by atoms with Crippen LogP contribution >= 0.6 is 0 Å². The molecule has 8 heteroatoms. The molecule has 3 N–H and O–H groups in total. The minimum Gasteiger partial charge on any atom is -0.489 e. The van der Waals surface area contributed by atoms with Crippen molar-refractivity contribution in [2.24, 2.45) is 0 Å². The van der Waals surface area contributed by atoms with Gasteiger partial charge in [-0.05, 0) is 18.6 Å². The molecule has 0 amide bonds. The summed E-state index contributed by atoms with van der Waals surface area (Å²) in [5.41, 5.74) is 0.427. The van der Waals surface area contributed by atoms with E-state index in [1.165, 1.54) is 12.1 Å². The van der Waals surface area contributed by atoms with Gasteiger partial charge in [-0.1, -0.05) is 0 Å². The maximum absolute atomic E-state index is 14.0. The minimum absolute atomic E-state index is 0.00909. The van der Waals surface area contributed by atoms with Crippen LogP contribution in [0.2, 0.25) is 0 Å². The van der Waals surface area contributed by atoms with Gasteiger partial charge in [-0.15, -0.1) is 0 Å². The molecular weight excluding hydrogens is 306 g/mol. The van der Waals surface area contributed by atoms with Gasteiger partial charge in [0.1, 0.15) is 6.61 Å². The van der Waals surface area contributed by atoms with Crippen LogP contribution in [0.1, 0.15) is 6.42 Å². The second-order valence-corrected chi connectivity index (χ2v) is 5.30. The average molecular weight is 322 g/mol. The minimum atomic E-state index is -0.545. The molecule has 1 aliphatic heterocycles. The second-order valence-electron chi connectivity index (χ2n) is 5.30. The predicted octanol–water partition coefficient (Wildman–Crippen LogP) is 1.60. The number of aliphatic hydroxyl groups excluding tert-OH is 1. The second kappa shape index (κ2) is 6.84. The van der Waals surface area contributed by atoms with Crippen LogP contribution in [0.15, 0.2) is 30.6 Å². The monoisotopic (exact) mass is 322 g/mol. The molecule has 122 valence electrons. The van der Waals surface area contributed by atoms with Crippen LogP contribution in [0, 0.1) is 11.6 Å². The summed E-state index contributed by atoms with van der Waals surface area (Å²) in [6.45, 7) is 0.804. The molecule has 2 aromatic rings. The highest BCUT2D eigenvalue weighted by Crippen LogP contribution is 2.23. The topological polar surface area (TPSA) is 79.3 Å². The van der Waals surface area contributed by atoms with Crippen molar-refractivity contribution >= 4 is 11.6 Å². The molecule has 0 bridgehead atoms. The molecule has 0 spiro atoms. The SMILES string of the molecule is O[C@H]1CN[C@H](COc2ccc(Nc3ncc(F)cn3)cc2F)C1. The summed E-state index contributed by atoms with van der Waals surface area (Å²) < 4.78 is 32.2. The zero-order valence-corrected chi connectivity index (χ0v) is 12.2. The van der Waals surface area contributed by atoms with E-state index in [9.17, 15) is 13.9 Å². The summed E-state index contributed by atoms with van der Waals surface area (Å²) in [4.78, 5) is 7.48. The highest BCUT2D eigenvalue weighted by Gasteiger charge is 2.22. The number of nitrogens with one attached hydrogen (secondary N) is 2. The maximum Gasteiger partial charge on any atom is 0.227 e. The van der Waals surface area contributed by atoms with Gasteiger partial charge in [0.05, 0.1) is 18.5 Å². The Hall–Kier alpha value is -2.32. The maximum atomic E-state index is 14.0. The average Bonchev–Trinajstić information content (AvgIpc) is 2.94. The number of hydrogen-bond acceptors (Lipinski definition) is 6. The summed E-state index contributed by atoms with van der Waals surface area (Å²) in [6, 6.07) is 4.36. The number of halogens is 2. The number of aliphatic hydroxyl groups is 1. The summed E-state index contributed by atoms with van der Waals surface area (Å²) in [6.07, 6.45) is 2.25. The van der Waals surface area contributed by atoms with E-state index in [4.69, 9.17) is 4.74 Å². The van der Waals surface area contributed by atoms with Crippen LogP contribution in [0.25, 0.3) is 0 Å². The lowest BCUT2D eigenvalue weighted by Gasteiger charge is -2.13. The highest BCUT2D eigenvalue weighted by atomic mass is 19.1. The number of benzene rings is 1. The van der Waals surface area contributed by atoms with E-state index in [2.05, 4.69) is 20.6 Å². The molecular formula is C15H16F2N4O2. The third-order valence-corrected chi connectivity index (χ3v) is 3.45. The molecule has 1 saturated heterocycles. The summed E-state index contributed by atoms with van der Waals surface area (Å²) in [7, 11) is 0. The van der Waals surface area contributed by atoms with Crippen LogP contribution in [-0.4, -0.2) is 40.4 Å². The molecule has 2 atom stereocenters. The number of hydrogen-bond donors (Lipinski definition) is 3. The van der Waals surface area contributed by atoms with Crippen molar-refractivity contribution in [3.63, 3.8) is 0 Å². The number of nitrogens with zero attached hydrogens (tertiary/aromatic N) is 2. The van der Waals surface area contributed by atoms with E-state index in [1.54, 1.807) is 6.07 Å². The van der Waals surface area contributed by atoms with Gasteiger partial charge in [0, 0.05) is 24.3 Å². The van der Waals surface area contributed by atoms with Crippen LogP contribution in [0.5, 0.6) is 5.75 Å². The Balaban J connectivity index is 1.60. The fourth-order valence-electron chi connectivity index (χ4n) is 2.32. The van der Waals surface area contributed by atoms with E-state index in [-0.39, 0.29) is 30.5 Å². The van der Waals surface area contributed by atoms with E-state index in [0.29, 0.717) is 18.7 Å². The lowest BCUT2D eigenvalue weighted by atomic mass is 10.2. The molecule has 0 aliphatic carbocycles. The van der Waals surface area contributed by atoms with Crippen molar-refractivity contribution in [3.05, 3.63) is 42.2 Å². The number of ether oxygens (including phenoxy) is 1. The van der Waals surface area contributed by atoms with Gasteiger partial charge in [-0.3, -0.25) is 0 Å². The van der Waals surface area contributed by atoms with Gasteiger partial charge >= 0.3 is 0 Å². The van der Waals surface area contributed by atoms with E-state index >= 15 is 0 Å². The van der Waals surface area contributed by atoms with Gasteiger partial charge in [0.2, 0.25) is 5.95 Å². The van der Waals surface area contributed by atoms with Crippen molar-refractivity contribution in [2.45, 2.75) is 18.6 Å². The quantitative estimate of drug-likeness (QED) is 0.776. The fourth-order valence-corrected chi connectivity index (χ4v) is 2.32. The summed E-state index contributed by atoms with van der Waals surface area (Å²) in [5, 5.41) is 15.3. The summed E-state index contributed by atoms with van der Waals surface area (Å²) in [5.74, 6) is -0.783. The largest absolute Gasteiger partial charge is 0.489 e. The van der Waals surface area contributed by atoms with Crippen molar-refractivity contribution in [2.75, 3.05) is 18.5 Å². The first-order valence-electron chi connectivity index (χ1n) is 7.18. The molecule has 0 radical (unpaired) electrons. The van der Waals surface area contributed by atoms with Crippen LogP contribution in [-0.2, 0) is 0 Å². The lowest BCUT2D eigenvalue weighted by Crippen LogP contribution is -2.28. The molecule has 2 heterocycles. The Labute approximate surface area is 131 Å². The van der Waals surface area contributed by atoms with E-state index < -0.39 is 11.6 Å². The molecule has 1 fully saturated rings. The van der Waals surface area contributed by atoms with Gasteiger partial charge in [-0.25, -0.2) is 18.7 Å². The first kappa shape index (κ1) is 15.6. The third-order valence-electron chi connectivity index (χ3n) is 3.45. The molecule has 1 aromatic heterocycles. The standard InChI is InChI=1S/C15H16F2N4O2/c16-9-5-19-15(20-6-9)21-10-1-2-14(13(17)4-10)23-8-11-3-12(22)7-18-11/h1-2,4-6,11-12,18,22H,3,7-8H2,(H,19,20,21)/t11-,12+/m0/s1. The molecule has 1 aromatic carbocycles. The number of aromatic nitrogens is 2. The molecule has 0 unspecified atom stereocenters. The zero-order chi connectivity index (χ0) is 16.2. The highest BCUT2D eigenvalue weighted by molar-refractivity contribution is 5.54. The van der Waals surface area contributed by atoms with Crippen molar-refractivity contribution in [1.29, 1.82) is 0 Å². The molecule has 3 rings (SSSR count). The Kier molecular flexibility index (Phi) is 4.63. The number of anilines is 2. The zero-order valence-electron chi connectivity index (χ0n) is 12.2. The smallest absolute Gasteiger partial charge is 0.227 e. The molecule has 6 nitrogen and oxygen atoms in total. The van der Waals surface area contributed by atoms with Gasteiger partial charge in [-0.2, -0.15) is 0 Å². The Morgan fingerprint density at radius 1 is 1.30 bits per heavy atom. The van der Waals surface area contributed by atoms with Crippen molar-refractivity contribution in [1.82, 2.24) is 15.3 Å². The van der Waals surface area contributed by atoms with Gasteiger partial charge < -0.3 is 20.5 Å². The number of rotatable bonds is 5. The lowest BCUT2D eigenvalue weighted by molar-refractivity contribution is 0.186. The van der Waals surface area contributed by atoms with E-state index in [1.807, 2.05) is 0 Å². The van der Waals surface area contributed by atoms with Crippen LogP contribution in [0.4, 0.5) is 20.4 Å². The first-order valence-corrected chi connectivity index (χ1v) is 7.18. The molecule has 23 heavy (non-hydrogen) atoms. The molecule has 0 saturated carbocycles. The Morgan fingerprint density at radius 3 is 2.74 bits per heavy atom. The third kappa shape index (κ3) is 4.11.